The van der Waals surface area contributed by atoms with Crippen molar-refractivity contribution >= 4 is 36.0 Å². The number of carbonyl (C=O) groups is 2. The number of anilines is 2. The molecule has 200 valence electrons. The van der Waals surface area contributed by atoms with Crippen LogP contribution in [0.1, 0.15) is 39.0 Å². The zero-order chi connectivity index (χ0) is 25.3. The van der Waals surface area contributed by atoms with Gasteiger partial charge in [0.05, 0.1) is 12.3 Å². The van der Waals surface area contributed by atoms with E-state index in [9.17, 15) is 14.7 Å². The summed E-state index contributed by atoms with van der Waals surface area (Å²) >= 11 is 0. The highest BCUT2D eigenvalue weighted by atomic mass is 35.5. The van der Waals surface area contributed by atoms with Gasteiger partial charge in [0.25, 0.3) is 0 Å². The number of aliphatic hydroxyl groups excluding tert-OH is 1. The molecule has 1 aliphatic heterocycles. The lowest BCUT2D eigenvalue weighted by molar-refractivity contribution is 0.0436. The molecule has 9 nitrogen and oxygen atoms in total. The van der Waals surface area contributed by atoms with Gasteiger partial charge >= 0.3 is 12.2 Å². The summed E-state index contributed by atoms with van der Waals surface area (Å²) in [4.78, 5) is 24.2. The van der Waals surface area contributed by atoms with Crippen LogP contribution in [0.15, 0.2) is 54.6 Å². The number of carbonyl (C=O) groups excluding carboxylic acids is 1. The van der Waals surface area contributed by atoms with E-state index in [1.165, 1.54) is 19.3 Å². The van der Waals surface area contributed by atoms with Crippen LogP contribution >= 0.6 is 12.4 Å². The molecular formula is C26H38ClN3O6. The molecule has 2 aromatic carbocycles. The third kappa shape index (κ3) is 13.2. The van der Waals surface area contributed by atoms with Crippen molar-refractivity contribution in [2.45, 2.75) is 45.1 Å². The van der Waals surface area contributed by atoms with E-state index in [-0.39, 0.29) is 19.0 Å². The number of amides is 2. The molecule has 0 bridgehead atoms. The highest BCUT2D eigenvalue weighted by Gasteiger charge is 2.16. The number of carboxylic acid groups (broad SMARTS) is 1. The normalized spacial score (nSPS) is 13.7. The molecule has 0 saturated carbocycles. The number of β-amino-alcohol motifs (C(OH)–C–C–N with tert-alkyl or cyclic N) is 1. The minimum Gasteiger partial charge on any atom is -0.491 e. The number of piperidine rings is 1. The van der Waals surface area contributed by atoms with Crippen molar-refractivity contribution < 1.29 is 29.3 Å². The molecule has 0 radical (unpaired) electrons. The average Bonchev–Trinajstić information content (AvgIpc) is 2.85. The number of unbranched alkanes of at least 4 members (excludes halogenated alkanes) is 1. The Kier molecular flexibility index (Phi) is 15.8. The minimum absolute atomic E-state index is 0. The number of para-hydroxylation sites is 3. The predicted octanol–water partition coefficient (Wildman–Crippen LogP) is 5.46. The number of hydrogen-bond acceptors (Lipinski definition) is 6. The highest BCUT2D eigenvalue weighted by molar-refractivity contribution is 5.86. The molecule has 1 aliphatic rings. The van der Waals surface area contributed by atoms with Gasteiger partial charge in [-0.05, 0) is 56.6 Å². The predicted molar refractivity (Wildman–Crippen MR) is 143 cm³/mol. The third-order valence-corrected chi connectivity index (χ3v) is 5.23. The summed E-state index contributed by atoms with van der Waals surface area (Å²) in [6.45, 7) is 5.25. The van der Waals surface area contributed by atoms with Gasteiger partial charge in [0.15, 0.2) is 0 Å². The van der Waals surface area contributed by atoms with Crippen LogP contribution in [0.5, 0.6) is 5.75 Å². The highest BCUT2D eigenvalue weighted by Crippen LogP contribution is 2.24. The van der Waals surface area contributed by atoms with Crippen molar-refractivity contribution in [3.63, 3.8) is 0 Å². The van der Waals surface area contributed by atoms with Gasteiger partial charge in [-0.25, -0.2) is 9.59 Å². The lowest BCUT2D eigenvalue weighted by Crippen LogP contribution is -2.38. The maximum Gasteiger partial charge on any atom is 0.411 e. The first-order valence-electron chi connectivity index (χ1n) is 12.1. The Morgan fingerprint density at radius 2 is 1.67 bits per heavy atom. The average molecular weight is 524 g/mol. The lowest BCUT2D eigenvalue weighted by Gasteiger charge is -2.28. The molecule has 1 atom stereocenters. The molecular weight excluding hydrogens is 486 g/mol. The van der Waals surface area contributed by atoms with E-state index in [1.54, 1.807) is 30.3 Å². The smallest absolute Gasteiger partial charge is 0.411 e. The van der Waals surface area contributed by atoms with Gasteiger partial charge in [0.1, 0.15) is 18.5 Å². The molecule has 1 saturated heterocycles. The fourth-order valence-corrected chi connectivity index (χ4v) is 3.48. The maximum atomic E-state index is 12.0. The summed E-state index contributed by atoms with van der Waals surface area (Å²) in [7, 11) is 0. The molecule has 4 N–H and O–H groups in total. The molecule has 1 heterocycles. The van der Waals surface area contributed by atoms with Crippen LogP contribution < -0.4 is 15.4 Å². The van der Waals surface area contributed by atoms with Gasteiger partial charge < -0.3 is 24.6 Å². The van der Waals surface area contributed by atoms with E-state index < -0.39 is 18.3 Å². The van der Waals surface area contributed by atoms with Gasteiger partial charge in [-0.2, -0.15) is 0 Å². The van der Waals surface area contributed by atoms with E-state index in [0.717, 1.165) is 25.9 Å². The zero-order valence-electron chi connectivity index (χ0n) is 20.7. The molecule has 10 heteroatoms. The third-order valence-electron chi connectivity index (χ3n) is 5.23. The number of likely N-dealkylation sites (tertiary alicyclic amines) is 1. The van der Waals surface area contributed by atoms with Crippen LogP contribution in [-0.2, 0) is 4.74 Å². The summed E-state index contributed by atoms with van der Waals surface area (Å²) < 4.78 is 10.8. The van der Waals surface area contributed by atoms with Crippen LogP contribution in [0, 0.1) is 0 Å². The molecule has 0 aliphatic carbocycles. The Hall–Kier alpha value is -3.01. The van der Waals surface area contributed by atoms with Crippen LogP contribution in [0.25, 0.3) is 0 Å². The van der Waals surface area contributed by atoms with Crippen LogP contribution in [0.3, 0.4) is 0 Å². The number of hydrogen-bond donors (Lipinski definition) is 4. The number of ether oxygens (including phenoxy) is 2. The molecule has 0 aromatic heterocycles. The Morgan fingerprint density at radius 3 is 2.33 bits per heavy atom. The second kappa shape index (κ2) is 18.3. The van der Waals surface area contributed by atoms with Gasteiger partial charge in [-0.3, -0.25) is 10.6 Å². The van der Waals surface area contributed by atoms with Crippen molar-refractivity contribution in [3.8, 4) is 5.75 Å². The summed E-state index contributed by atoms with van der Waals surface area (Å²) in [6, 6.07) is 16.0. The number of halogens is 1. The maximum absolute atomic E-state index is 12.0. The number of rotatable bonds is 10. The van der Waals surface area contributed by atoms with Gasteiger partial charge in [-0.15, -0.1) is 12.4 Å². The van der Waals surface area contributed by atoms with E-state index in [0.29, 0.717) is 30.3 Å². The Morgan fingerprint density at radius 1 is 1.00 bits per heavy atom. The van der Waals surface area contributed by atoms with E-state index >= 15 is 0 Å². The first kappa shape index (κ1) is 31.0. The van der Waals surface area contributed by atoms with E-state index in [4.69, 9.17) is 14.6 Å². The molecule has 1 fully saturated rings. The van der Waals surface area contributed by atoms with Crippen molar-refractivity contribution in [1.29, 1.82) is 0 Å². The minimum atomic E-state index is -1.04. The molecule has 1 unspecified atom stereocenters. The Bertz CT molecular complexity index is 881. The molecule has 0 spiro atoms. The molecule has 2 aromatic rings. The van der Waals surface area contributed by atoms with Crippen LogP contribution in [-0.4, -0.2) is 66.3 Å². The fourth-order valence-electron chi connectivity index (χ4n) is 3.48. The SMILES string of the molecule is CCCCOc1ccccc1NC(=O)OCC(O)CN1CCCCC1.Cl.O=C(O)Nc1ccccc1. The number of aliphatic hydroxyl groups is 1. The van der Waals surface area contributed by atoms with Crippen LogP contribution in [0.4, 0.5) is 21.0 Å². The summed E-state index contributed by atoms with van der Waals surface area (Å²) in [6.07, 6.45) is 3.32. The monoisotopic (exact) mass is 523 g/mol. The Balaban J connectivity index is 0.000000495. The molecule has 3 rings (SSSR count). The lowest BCUT2D eigenvalue weighted by atomic mass is 10.1. The first-order valence-corrected chi connectivity index (χ1v) is 12.1. The van der Waals surface area contributed by atoms with Gasteiger partial charge in [0.2, 0.25) is 0 Å². The number of benzene rings is 2. The topological polar surface area (TPSA) is 120 Å². The molecule has 36 heavy (non-hydrogen) atoms. The van der Waals surface area contributed by atoms with Crippen molar-refractivity contribution in [1.82, 2.24) is 4.90 Å². The Labute approximate surface area is 219 Å². The van der Waals surface area contributed by atoms with Crippen molar-refractivity contribution in [2.75, 3.05) is 43.5 Å². The number of nitrogens with one attached hydrogen (secondary N) is 2. The van der Waals surface area contributed by atoms with Gasteiger partial charge in [-0.1, -0.05) is 50.1 Å². The number of nitrogens with zero attached hydrogens (tertiary/aromatic N) is 1. The summed E-state index contributed by atoms with van der Waals surface area (Å²) in [5.74, 6) is 0.627. The zero-order valence-corrected chi connectivity index (χ0v) is 21.5. The largest absolute Gasteiger partial charge is 0.491 e. The summed E-state index contributed by atoms with van der Waals surface area (Å²) in [5.41, 5.74) is 1.17. The second-order valence-electron chi connectivity index (χ2n) is 8.23. The first-order chi connectivity index (χ1) is 17.0. The standard InChI is InChI=1S/C19H30N2O4.C7H7NO2.ClH/c1-2-3-13-24-18-10-6-5-9-17(18)20-19(23)25-15-16(22)14-21-11-7-4-8-12-21;9-7(10)8-6-4-2-1-3-5-6;/h5-6,9-10,16,22H,2-4,7-8,11-15H2,1H3,(H,20,23);1-5,8H,(H,9,10);1H. The molecule has 2 amide bonds. The quantitative estimate of drug-likeness (QED) is 0.305. The van der Waals surface area contributed by atoms with Crippen molar-refractivity contribution in [2.24, 2.45) is 0 Å². The van der Waals surface area contributed by atoms with E-state index in [2.05, 4.69) is 22.5 Å². The summed E-state index contributed by atoms with van der Waals surface area (Å²) in [5, 5.41) is 23.2. The fraction of sp³-hybridized carbons (Fsp3) is 0.462. The second-order valence-corrected chi connectivity index (χ2v) is 8.23. The van der Waals surface area contributed by atoms with Crippen LogP contribution in [0.2, 0.25) is 0 Å². The van der Waals surface area contributed by atoms with Gasteiger partial charge in [0, 0.05) is 12.2 Å². The van der Waals surface area contributed by atoms with Crippen molar-refractivity contribution in [3.05, 3.63) is 54.6 Å². The van der Waals surface area contributed by atoms with E-state index in [1.807, 2.05) is 24.3 Å².